The fraction of sp³-hybridized carbons (Fsp3) is 0.458. The number of amides is 1. The molecule has 2 aliphatic rings. The van der Waals surface area contributed by atoms with Crippen LogP contribution in [0.4, 0.5) is 0 Å². The lowest BCUT2D eigenvalue weighted by atomic mass is 10.1. The van der Waals surface area contributed by atoms with Gasteiger partial charge in [0, 0.05) is 17.5 Å². The van der Waals surface area contributed by atoms with Gasteiger partial charge in [-0.3, -0.25) is 14.2 Å². The van der Waals surface area contributed by atoms with E-state index in [4.69, 9.17) is 4.98 Å². The number of aromatic nitrogens is 2. The van der Waals surface area contributed by atoms with Crippen LogP contribution < -0.4 is 10.9 Å². The maximum absolute atomic E-state index is 13.5. The number of nitrogens with zero attached hydrogens (tertiary/aromatic N) is 2. The molecule has 0 spiro atoms. The molecule has 2 aromatic heterocycles. The van der Waals surface area contributed by atoms with Gasteiger partial charge in [-0.2, -0.15) is 0 Å². The summed E-state index contributed by atoms with van der Waals surface area (Å²) in [4.78, 5) is 33.0. The number of rotatable bonds is 7. The van der Waals surface area contributed by atoms with Crippen molar-refractivity contribution in [3.05, 3.63) is 56.7 Å². The lowest BCUT2D eigenvalue weighted by Crippen LogP contribution is -2.34. The first-order chi connectivity index (χ1) is 15.2. The first-order valence-electron chi connectivity index (χ1n) is 11.2. The fourth-order valence-electron chi connectivity index (χ4n) is 4.72. The summed E-state index contributed by atoms with van der Waals surface area (Å²) < 4.78 is 1.80. The largest absolute Gasteiger partial charge is 0.353 e. The first kappa shape index (κ1) is 20.8. The van der Waals surface area contributed by atoms with E-state index < -0.39 is 0 Å². The standard InChI is InChI=1S/C24H27N3O2S2/c28-20(25-17-9-4-5-10-17)15-30-24-26-22-21(18-11-6-12-19(18)31-22)23(29)27(24)14-13-16-7-2-1-3-8-16/h1-3,7-8,17H,4-6,9-15H2,(H,25,28). The lowest BCUT2D eigenvalue weighted by Gasteiger charge is -2.14. The van der Waals surface area contributed by atoms with E-state index in [1.54, 1.807) is 15.9 Å². The second-order valence-electron chi connectivity index (χ2n) is 8.46. The van der Waals surface area contributed by atoms with Crippen molar-refractivity contribution in [2.24, 2.45) is 0 Å². The SMILES string of the molecule is O=C(CSc1nc2sc3c(c2c(=O)n1CCc1ccccc1)CCC3)NC1CCCC1. The van der Waals surface area contributed by atoms with Crippen molar-refractivity contribution in [2.75, 3.05) is 5.75 Å². The predicted octanol–water partition coefficient (Wildman–Crippen LogP) is 4.34. The van der Waals surface area contributed by atoms with Gasteiger partial charge in [0.1, 0.15) is 4.83 Å². The van der Waals surface area contributed by atoms with Crippen LogP contribution in [0.25, 0.3) is 10.2 Å². The van der Waals surface area contributed by atoms with E-state index in [0.29, 0.717) is 23.5 Å². The van der Waals surface area contributed by atoms with Crippen LogP contribution in [0.5, 0.6) is 0 Å². The highest BCUT2D eigenvalue weighted by Crippen LogP contribution is 2.35. The first-order valence-corrected chi connectivity index (χ1v) is 13.0. The molecule has 0 saturated heterocycles. The highest BCUT2D eigenvalue weighted by atomic mass is 32.2. The van der Waals surface area contributed by atoms with E-state index in [-0.39, 0.29) is 11.5 Å². The summed E-state index contributed by atoms with van der Waals surface area (Å²) in [5.74, 6) is 0.333. The smallest absolute Gasteiger partial charge is 0.263 e. The van der Waals surface area contributed by atoms with Crippen LogP contribution >= 0.6 is 23.1 Å². The average molecular weight is 454 g/mol. The van der Waals surface area contributed by atoms with E-state index in [9.17, 15) is 9.59 Å². The number of nitrogens with one attached hydrogen (secondary N) is 1. The Hall–Kier alpha value is -2.12. The van der Waals surface area contributed by atoms with Crippen molar-refractivity contribution < 1.29 is 4.79 Å². The van der Waals surface area contributed by atoms with E-state index in [1.807, 2.05) is 18.2 Å². The van der Waals surface area contributed by atoms with Crippen LogP contribution in [0, 0.1) is 0 Å². The summed E-state index contributed by atoms with van der Waals surface area (Å²) in [6.07, 6.45) is 8.44. The third-order valence-electron chi connectivity index (χ3n) is 6.31. The van der Waals surface area contributed by atoms with Gasteiger partial charge in [-0.05, 0) is 49.7 Å². The van der Waals surface area contributed by atoms with Crippen LogP contribution in [-0.2, 0) is 30.6 Å². The zero-order valence-electron chi connectivity index (χ0n) is 17.6. The topological polar surface area (TPSA) is 64.0 Å². The molecule has 0 aliphatic heterocycles. The molecular formula is C24H27N3O2S2. The zero-order chi connectivity index (χ0) is 21.2. The molecule has 31 heavy (non-hydrogen) atoms. The van der Waals surface area contributed by atoms with Gasteiger partial charge >= 0.3 is 0 Å². The van der Waals surface area contributed by atoms with Crippen LogP contribution in [-0.4, -0.2) is 27.3 Å². The number of carbonyl (C=O) groups is 1. The molecule has 2 aliphatic carbocycles. The number of benzene rings is 1. The van der Waals surface area contributed by atoms with Gasteiger partial charge < -0.3 is 5.32 Å². The molecule has 0 unspecified atom stereocenters. The number of aryl methyl sites for hydroxylation is 3. The molecule has 3 aromatic rings. The highest BCUT2D eigenvalue weighted by Gasteiger charge is 2.24. The molecule has 162 valence electrons. The quantitative estimate of drug-likeness (QED) is 0.427. The maximum atomic E-state index is 13.5. The molecule has 0 atom stereocenters. The fourth-order valence-corrected chi connectivity index (χ4v) is 6.86. The Bertz CT molecular complexity index is 1150. The van der Waals surface area contributed by atoms with Gasteiger partial charge in [0.15, 0.2) is 5.16 Å². The molecule has 5 nitrogen and oxygen atoms in total. The summed E-state index contributed by atoms with van der Waals surface area (Å²) in [5, 5.41) is 4.61. The van der Waals surface area contributed by atoms with Crippen molar-refractivity contribution in [1.82, 2.24) is 14.9 Å². The lowest BCUT2D eigenvalue weighted by molar-refractivity contribution is -0.119. The van der Waals surface area contributed by atoms with Crippen LogP contribution in [0.3, 0.4) is 0 Å². The van der Waals surface area contributed by atoms with Crippen LogP contribution in [0.2, 0.25) is 0 Å². The normalized spacial score (nSPS) is 16.1. The Morgan fingerprint density at radius 1 is 1.16 bits per heavy atom. The van der Waals surface area contributed by atoms with Gasteiger partial charge in [0.2, 0.25) is 5.91 Å². The Balaban J connectivity index is 1.42. The Kier molecular flexibility index (Phi) is 6.14. The maximum Gasteiger partial charge on any atom is 0.263 e. The van der Waals surface area contributed by atoms with Crippen molar-refractivity contribution in [2.45, 2.75) is 69.1 Å². The van der Waals surface area contributed by atoms with Crippen LogP contribution in [0.1, 0.15) is 48.1 Å². The molecule has 1 amide bonds. The molecular weight excluding hydrogens is 426 g/mol. The number of thioether (sulfide) groups is 1. The number of hydrogen-bond donors (Lipinski definition) is 1. The molecule has 1 aromatic carbocycles. The Morgan fingerprint density at radius 3 is 2.77 bits per heavy atom. The number of fused-ring (bicyclic) bond motifs is 3. The summed E-state index contributed by atoms with van der Waals surface area (Å²) in [6, 6.07) is 10.5. The van der Waals surface area contributed by atoms with Crippen LogP contribution in [0.15, 0.2) is 40.3 Å². The number of carbonyl (C=O) groups excluding carboxylic acids is 1. The molecule has 5 rings (SSSR count). The van der Waals surface area contributed by atoms with Gasteiger partial charge in [-0.25, -0.2) is 4.98 Å². The number of thiophene rings is 1. The van der Waals surface area contributed by atoms with E-state index >= 15 is 0 Å². The summed E-state index contributed by atoms with van der Waals surface area (Å²) >= 11 is 3.05. The van der Waals surface area contributed by atoms with E-state index in [2.05, 4.69) is 17.4 Å². The second kappa shape index (κ2) is 9.17. The number of hydrogen-bond acceptors (Lipinski definition) is 5. The van der Waals surface area contributed by atoms with Crippen molar-refractivity contribution in [1.29, 1.82) is 0 Å². The minimum absolute atomic E-state index is 0.0366. The third-order valence-corrected chi connectivity index (χ3v) is 8.47. The average Bonchev–Trinajstić information content (AvgIpc) is 3.50. The zero-order valence-corrected chi connectivity index (χ0v) is 19.2. The van der Waals surface area contributed by atoms with E-state index in [1.165, 1.54) is 40.6 Å². The van der Waals surface area contributed by atoms with E-state index in [0.717, 1.165) is 48.7 Å². The molecule has 2 heterocycles. The minimum Gasteiger partial charge on any atom is -0.353 e. The van der Waals surface area contributed by atoms with Crippen molar-refractivity contribution in [3.8, 4) is 0 Å². The molecule has 7 heteroatoms. The summed E-state index contributed by atoms with van der Waals surface area (Å²) in [5.41, 5.74) is 2.46. The Labute approximate surface area is 190 Å². The van der Waals surface area contributed by atoms with Gasteiger partial charge in [0.05, 0.1) is 11.1 Å². The second-order valence-corrected chi connectivity index (χ2v) is 10.5. The van der Waals surface area contributed by atoms with Crippen molar-refractivity contribution >= 4 is 39.2 Å². The molecule has 0 bridgehead atoms. The molecule has 1 saturated carbocycles. The summed E-state index contributed by atoms with van der Waals surface area (Å²) in [7, 11) is 0. The minimum atomic E-state index is 0.0366. The molecule has 1 fully saturated rings. The van der Waals surface area contributed by atoms with Gasteiger partial charge in [-0.1, -0.05) is 54.9 Å². The molecule has 0 radical (unpaired) electrons. The predicted molar refractivity (Wildman–Crippen MR) is 127 cm³/mol. The summed E-state index contributed by atoms with van der Waals surface area (Å²) in [6.45, 7) is 0.572. The third kappa shape index (κ3) is 4.44. The van der Waals surface area contributed by atoms with Crippen molar-refractivity contribution in [3.63, 3.8) is 0 Å². The van der Waals surface area contributed by atoms with Gasteiger partial charge in [0.25, 0.3) is 5.56 Å². The monoisotopic (exact) mass is 453 g/mol. The molecule has 1 N–H and O–H groups in total. The highest BCUT2D eigenvalue weighted by molar-refractivity contribution is 7.99. The van der Waals surface area contributed by atoms with Gasteiger partial charge in [-0.15, -0.1) is 11.3 Å². The Morgan fingerprint density at radius 2 is 1.97 bits per heavy atom.